The van der Waals surface area contributed by atoms with Crippen molar-refractivity contribution in [2.45, 2.75) is 51.2 Å². The topological polar surface area (TPSA) is 96.0 Å². The predicted molar refractivity (Wildman–Crippen MR) is 148 cm³/mol. The highest BCUT2D eigenvalue weighted by atomic mass is 32.2. The molecule has 2 amide bonds. The molecule has 1 N–H and O–H groups in total. The SMILES string of the molecule is COc1cccc(N(CC(=O)N(Cc2cccc(C)c2)C(C)C(=O)NC(C)C)S(=O)(=O)c2ccccc2)c1. The fourth-order valence-electron chi connectivity index (χ4n) is 4.01. The van der Waals surface area contributed by atoms with Gasteiger partial charge in [0.15, 0.2) is 0 Å². The van der Waals surface area contributed by atoms with E-state index in [0.717, 1.165) is 15.4 Å². The summed E-state index contributed by atoms with van der Waals surface area (Å²) in [5, 5.41) is 2.85. The van der Waals surface area contributed by atoms with Gasteiger partial charge >= 0.3 is 0 Å². The van der Waals surface area contributed by atoms with Crippen LogP contribution in [-0.2, 0) is 26.2 Å². The lowest BCUT2D eigenvalue weighted by Gasteiger charge is -2.32. The number of rotatable bonds is 11. The van der Waals surface area contributed by atoms with E-state index in [1.54, 1.807) is 49.4 Å². The zero-order valence-electron chi connectivity index (χ0n) is 22.4. The smallest absolute Gasteiger partial charge is 0.264 e. The van der Waals surface area contributed by atoms with E-state index in [4.69, 9.17) is 4.74 Å². The van der Waals surface area contributed by atoms with Crippen LogP contribution in [0.1, 0.15) is 31.9 Å². The minimum Gasteiger partial charge on any atom is -0.497 e. The number of nitrogens with zero attached hydrogens (tertiary/aromatic N) is 2. The van der Waals surface area contributed by atoms with Crippen LogP contribution in [0.2, 0.25) is 0 Å². The molecule has 0 aromatic heterocycles. The molecule has 0 radical (unpaired) electrons. The summed E-state index contributed by atoms with van der Waals surface area (Å²) >= 11 is 0. The molecule has 9 heteroatoms. The maximum atomic E-state index is 13.9. The minimum absolute atomic E-state index is 0.0476. The van der Waals surface area contributed by atoms with E-state index in [1.165, 1.54) is 24.1 Å². The molecule has 3 aromatic carbocycles. The highest BCUT2D eigenvalue weighted by molar-refractivity contribution is 7.92. The molecule has 0 saturated carbocycles. The summed E-state index contributed by atoms with van der Waals surface area (Å²) in [6, 6.07) is 21.2. The number of hydrogen-bond donors (Lipinski definition) is 1. The summed E-state index contributed by atoms with van der Waals surface area (Å²) < 4.78 is 33.9. The van der Waals surface area contributed by atoms with Gasteiger partial charge in [0.1, 0.15) is 18.3 Å². The predicted octanol–water partition coefficient (Wildman–Crippen LogP) is 4.14. The van der Waals surface area contributed by atoms with Gasteiger partial charge in [-0.3, -0.25) is 13.9 Å². The van der Waals surface area contributed by atoms with Gasteiger partial charge in [0.2, 0.25) is 11.8 Å². The minimum atomic E-state index is -4.12. The number of sulfonamides is 1. The third-order valence-electron chi connectivity index (χ3n) is 5.99. The Bertz CT molecular complexity index is 1360. The summed E-state index contributed by atoms with van der Waals surface area (Å²) in [5.74, 6) is -0.385. The van der Waals surface area contributed by atoms with Crippen molar-refractivity contribution in [2.24, 2.45) is 0 Å². The second-order valence-corrected chi connectivity index (χ2v) is 11.2. The van der Waals surface area contributed by atoms with E-state index in [0.29, 0.717) is 5.75 Å². The van der Waals surface area contributed by atoms with Gasteiger partial charge < -0.3 is 15.0 Å². The van der Waals surface area contributed by atoms with Gasteiger partial charge in [-0.15, -0.1) is 0 Å². The average Bonchev–Trinajstić information content (AvgIpc) is 2.90. The zero-order valence-corrected chi connectivity index (χ0v) is 23.2. The van der Waals surface area contributed by atoms with Crippen molar-refractivity contribution in [3.63, 3.8) is 0 Å². The number of nitrogens with one attached hydrogen (secondary N) is 1. The van der Waals surface area contributed by atoms with Crippen LogP contribution >= 0.6 is 0 Å². The number of amides is 2. The first kappa shape index (κ1) is 28.7. The number of carbonyl (C=O) groups is 2. The molecule has 202 valence electrons. The van der Waals surface area contributed by atoms with E-state index in [9.17, 15) is 18.0 Å². The molecule has 0 bridgehead atoms. The second kappa shape index (κ2) is 12.6. The van der Waals surface area contributed by atoms with Crippen LogP contribution in [-0.4, -0.2) is 50.9 Å². The Morgan fingerprint density at radius 3 is 2.24 bits per heavy atom. The van der Waals surface area contributed by atoms with Crippen molar-refractivity contribution >= 4 is 27.5 Å². The molecule has 0 spiro atoms. The van der Waals surface area contributed by atoms with E-state index in [2.05, 4.69) is 5.32 Å². The lowest BCUT2D eigenvalue weighted by Crippen LogP contribution is -2.52. The lowest BCUT2D eigenvalue weighted by atomic mass is 10.1. The van der Waals surface area contributed by atoms with E-state index in [1.807, 2.05) is 45.0 Å². The van der Waals surface area contributed by atoms with Crippen LogP contribution in [0.5, 0.6) is 5.75 Å². The number of carbonyl (C=O) groups excluding carboxylic acids is 2. The maximum Gasteiger partial charge on any atom is 0.264 e. The fraction of sp³-hybridized carbons (Fsp3) is 0.310. The molecular weight excluding hydrogens is 502 g/mol. The summed E-state index contributed by atoms with van der Waals surface area (Å²) in [6.45, 7) is 6.91. The van der Waals surface area contributed by atoms with Crippen LogP contribution in [0.15, 0.2) is 83.8 Å². The van der Waals surface area contributed by atoms with Gasteiger partial charge in [-0.1, -0.05) is 54.1 Å². The molecule has 0 saturated heterocycles. The molecule has 3 rings (SSSR count). The van der Waals surface area contributed by atoms with Crippen molar-refractivity contribution < 1.29 is 22.7 Å². The van der Waals surface area contributed by atoms with Gasteiger partial charge in [-0.2, -0.15) is 0 Å². The standard InChI is InChI=1S/C29H35N3O5S/c1-21(2)30-29(34)23(4)31(19-24-12-9-11-22(3)17-24)28(33)20-32(25-13-10-14-26(18-25)37-5)38(35,36)27-15-7-6-8-16-27/h6-18,21,23H,19-20H2,1-5H3,(H,30,34). The molecular formula is C29H35N3O5S. The number of methoxy groups -OCH3 is 1. The third-order valence-corrected chi connectivity index (χ3v) is 7.77. The normalized spacial score (nSPS) is 12.1. The van der Waals surface area contributed by atoms with E-state index in [-0.39, 0.29) is 29.1 Å². The largest absolute Gasteiger partial charge is 0.497 e. The van der Waals surface area contributed by atoms with Crippen molar-refractivity contribution in [3.8, 4) is 5.75 Å². The molecule has 0 aliphatic heterocycles. The summed E-state index contributed by atoms with van der Waals surface area (Å²) in [5.41, 5.74) is 2.12. The molecule has 8 nitrogen and oxygen atoms in total. The maximum absolute atomic E-state index is 13.9. The quantitative estimate of drug-likeness (QED) is 0.397. The fourth-order valence-corrected chi connectivity index (χ4v) is 5.44. The summed E-state index contributed by atoms with van der Waals surface area (Å²) in [6.07, 6.45) is 0. The molecule has 1 atom stereocenters. The second-order valence-electron chi connectivity index (χ2n) is 9.38. The first-order valence-electron chi connectivity index (χ1n) is 12.4. The van der Waals surface area contributed by atoms with Crippen molar-refractivity contribution in [1.82, 2.24) is 10.2 Å². The molecule has 0 aliphatic rings. The third kappa shape index (κ3) is 7.13. The van der Waals surface area contributed by atoms with Crippen molar-refractivity contribution in [3.05, 3.63) is 90.0 Å². The van der Waals surface area contributed by atoms with Crippen molar-refractivity contribution in [2.75, 3.05) is 18.0 Å². The Morgan fingerprint density at radius 1 is 0.921 bits per heavy atom. The Labute approximate surface area is 225 Å². The van der Waals surface area contributed by atoms with Crippen LogP contribution in [0, 0.1) is 6.92 Å². The highest BCUT2D eigenvalue weighted by Gasteiger charge is 2.32. The summed E-state index contributed by atoms with van der Waals surface area (Å²) in [7, 11) is -2.64. The van der Waals surface area contributed by atoms with E-state index >= 15 is 0 Å². The number of anilines is 1. The molecule has 3 aromatic rings. The molecule has 1 unspecified atom stereocenters. The lowest BCUT2D eigenvalue weighted by molar-refractivity contribution is -0.139. The Hall–Kier alpha value is -3.85. The van der Waals surface area contributed by atoms with Crippen molar-refractivity contribution in [1.29, 1.82) is 0 Å². The van der Waals surface area contributed by atoms with Crippen LogP contribution in [0.3, 0.4) is 0 Å². The summed E-state index contributed by atoms with van der Waals surface area (Å²) in [4.78, 5) is 28.3. The van der Waals surface area contributed by atoms with Crippen LogP contribution < -0.4 is 14.4 Å². The van der Waals surface area contributed by atoms with Crippen LogP contribution in [0.25, 0.3) is 0 Å². The Morgan fingerprint density at radius 2 is 1.61 bits per heavy atom. The highest BCUT2D eigenvalue weighted by Crippen LogP contribution is 2.27. The number of benzene rings is 3. The monoisotopic (exact) mass is 537 g/mol. The van der Waals surface area contributed by atoms with Gasteiger partial charge in [-0.25, -0.2) is 8.42 Å². The molecule has 0 fully saturated rings. The number of aryl methyl sites for hydroxylation is 1. The van der Waals surface area contributed by atoms with Gasteiger partial charge in [0, 0.05) is 18.7 Å². The van der Waals surface area contributed by atoms with Crippen LogP contribution in [0.4, 0.5) is 5.69 Å². The Balaban J connectivity index is 2.04. The molecule has 0 heterocycles. The molecule has 0 aliphatic carbocycles. The first-order chi connectivity index (χ1) is 18.0. The van der Waals surface area contributed by atoms with Gasteiger partial charge in [-0.05, 0) is 57.5 Å². The zero-order chi connectivity index (χ0) is 27.9. The Kier molecular flexibility index (Phi) is 9.52. The first-order valence-corrected chi connectivity index (χ1v) is 13.8. The van der Waals surface area contributed by atoms with Gasteiger partial charge in [0.05, 0.1) is 17.7 Å². The number of ether oxygens (including phenoxy) is 1. The molecule has 38 heavy (non-hydrogen) atoms. The van der Waals surface area contributed by atoms with E-state index < -0.39 is 28.5 Å². The number of hydrogen-bond acceptors (Lipinski definition) is 5. The van der Waals surface area contributed by atoms with Gasteiger partial charge in [0.25, 0.3) is 10.0 Å². The average molecular weight is 538 g/mol.